The number of benzene rings is 2. The van der Waals surface area contributed by atoms with Crippen LogP contribution in [0.15, 0.2) is 47.5 Å². The summed E-state index contributed by atoms with van der Waals surface area (Å²) in [7, 11) is -3.39. The summed E-state index contributed by atoms with van der Waals surface area (Å²) in [6, 6.07) is 14.0. The number of rotatable bonds is 8. The molecule has 2 aliphatic heterocycles. The van der Waals surface area contributed by atoms with Crippen molar-refractivity contribution in [2.24, 2.45) is 4.99 Å². The van der Waals surface area contributed by atoms with E-state index in [0.29, 0.717) is 19.0 Å². The predicted octanol–water partition coefficient (Wildman–Crippen LogP) is 2.11. The van der Waals surface area contributed by atoms with Crippen molar-refractivity contribution in [1.82, 2.24) is 10.6 Å². The molecule has 0 atom stereocenters. The van der Waals surface area contributed by atoms with Gasteiger partial charge in [-0.05, 0) is 48.6 Å². The zero-order chi connectivity index (χ0) is 21.7. The van der Waals surface area contributed by atoms with Gasteiger partial charge in [0.1, 0.15) is 5.75 Å². The number of fused-ring (bicyclic) bond motifs is 2. The van der Waals surface area contributed by atoms with E-state index in [9.17, 15) is 8.42 Å². The monoisotopic (exact) mass is 442 g/mol. The Hall–Kier alpha value is -2.74. The van der Waals surface area contributed by atoms with Crippen molar-refractivity contribution < 1.29 is 13.2 Å². The third-order valence-corrected chi connectivity index (χ3v) is 7.35. The molecule has 0 fully saturated rings. The fourth-order valence-corrected chi connectivity index (χ4v) is 5.43. The van der Waals surface area contributed by atoms with Crippen molar-refractivity contribution in [3.05, 3.63) is 59.2 Å². The molecule has 166 valence electrons. The lowest BCUT2D eigenvalue weighted by Gasteiger charge is -2.19. The van der Waals surface area contributed by atoms with Crippen LogP contribution >= 0.6 is 0 Å². The molecule has 0 radical (unpaired) electrons. The summed E-state index contributed by atoms with van der Waals surface area (Å²) in [5, 5.41) is 6.50. The Morgan fingerprint density at radius 2 is 2.00 bits per heavy atom. The van der Waals surface area contributed by atoms with Crippen LogP contribution < -0.4 is 19.7 Å². The van der Waals surface area contributed by atoms with Gasteiger partial charge < -0.3 is 15.4 Å². The number of ether oxygens (including phenoxy) is 1. The quantitative estimate of drug-likeness (QED) is 0.483. The zero-order valence-electron chi connectivity index (χ0n) is 17.9. The van der Waals surface area contributed by atoms with Crippen molar-refractivity contribution in [3.63, 3.8) is 0 Å². The van der Waals surface area contributed by atoms with Crippen molar-refractivity contribution in [1.29, 1.82) is 0 Å². The number of aliphatic imine (C=N–C) groups is 1. The van der Waals surface area contributed by atoms with Crippen LogP contribution in [0.4, 0.5) is 5.69 Å². The second-order valence-corrected chi connectivity index (χ2v) is 9.76. The van der Waals surface area contributed by atoms with Gasteiger partial charge in [0, 0.05) is 26.1 Å². The van der Waals surface area contributed by atoms with E-state index in [4.69, 9.17) is 4.74 Å². The van der Waals surface area contributed by atoms with Gasteiger partial charge in [0.05, 0.1) is 24.6 Å². The smallest absolute Gasteiger partial charge is 0.237 e. The van der Waals surface area contributed by atoms with E-state index in [1.165, 1.54) is 15.4 Å². The largest absolute Gasteiger partial charge is 0.493 e. The van der Waals surface area contributed by atoms with Crippen LogP contribution in [0.5, 0.6) is 5.75 Å². The van der Waals surface area contributed by atoms with Gasteiger partial charge >= 0.3 is 0 Å². The molecule has 2 aromatic carbocycles. The van der Waals surface area contributed by atoms with E-state index in [2.05, 4.69) is 27.8 Å². The van der Waals surface area contributed by atoms with Crippen LogP contribution in [0.3, 0.4) is 0 Å². The molecular formula is C23H30N4O3S. The minimum absolute atomic E-state index is 0.0112. The summed E-state index contributed by atoms with van der Waals surface area (Å²) in [4.78, 5) is 4.48. The Kier molecular flexibility index (Phi) is 6.65. The maximum atomic E-state index is 12.8. The first-order valence-electron chi connectivity index (χ1n) is 10.9. The van der Waals surface area contributed by atoms with Gasteiger partial charge in [-0.2, -0.15) is 0 Å². The number of sulfonamides is 1. The maximum Gasteiger partial charge on any atom is 0.237 e. The molecule has 0 spiro atoms. The molecule has 8 heteroatoms. The Morgan fingerprint density at radius 1 is 1.13 bits per heavy atom. The maximum absolute atomic E-state index is 12.8. The summed E-state index contributed by atoms with van der Waals surface area (Å²) in [6.45, 7) is 4.92. The molecule has 0 saturated heterocycles. The number of guanidine groups is 1. The molecule has 31 heavy (non-hydrogen) atoms. The van der Waals surface area contributed by atoms with E-state index in [1.54, 1.807) is 0 Å². The average Bonchev–Trinajstić information content (AvgIpc) is 3.40. The topological polar surface area (TPSA) is 83.0 Å². The Labute approximate surface area is 184 Å². The summed E-state index contributed by atoms with van der Waals surface area (Å²) < 4.78 is 32.7. The van der Waals surface area contributed by atoms with Gasteiger partial charge in [-0.1, -0.05) is 30.3 Å². The highest BCUT2D eigenvalue weighted by atomic mass is 32.2. The normalized spacial score (nSPS) is 15.4. The average molecular weight is 443 g/mol. The van der Waals surface area contributed by atoms with Gasteiger partial charge in [0.2, 0.25) is 10.0 Å². The molecule has 2 aromatic rings. The number of hydrogen-bond donors (Lipinski definition) is 2. The van der Waals surface area contributed by atoms with Gasteiger partial charge in [-0.15, -0.1) is 0 Å². The summed E-state index contributed by atoms with van der Waals surface area (Å²) in [5.74, 6) is 1.63. The fraction of sp³-hybridized carbons (Fsp3) is 0.435. The number of hydrogen-bond acceptors (Lipinski definition) is 4. The predicted molar refractivity (Wildman–Crippen MR) is 125 cm³/mol. The molecular weight excluding hydrogens is 412 g/mol. The summed E-state index contributed by atoms with van der Waals surface area (Å²) in [5.41, 5.74) is 4.41. The second-order valence-electron chi connectivity index (χ2n) is 7.74. The Morgan fingerprint density at radius 3 is 2.87 bits per heavy atom. The lowest BCUT2D eigenvalue weighted by Crippen LogP contribution is -2.39. The Balaban J connectivity index is 1.30. The minimum Gasteiger partial charge on any atom is -0.493 e. The van der Waals surface area contributed by atoms with Crippen LogP contribution in [0.25, 0.3) is 0 Å². The van der Waals surface area contributed by atoms with Crippen LogP contribution in [0, 0.1) is 0 Å². The van der Waals surface area contributed by atoms with Gasteiger partial charge in [0.15, 0.2) is 5.96 Å². The lowest BCUT2D eigenvalue weighted by atomic mass is 10.1. The summed E-state index contributed by atoms with van der Waals surface area (Å²) in [6.07, 6.45) is 2.59. The van der Waals surface area contributed by atoms with Crippen molar-refractivity contribution in [3.8, 4) is 5.75 Å². The highest BCUT2D eigenvalue weighted by Gasteiger charge is 2.28. The number of para-hydroxylation sites is 1. The lowest BCUT2D eigenvalue weighted by molar-refractivity contribution is 0.357. The van der Waals surface area contributed by atoms with Crippen LogP contribution in [-0.2, 0) is 29.3 Å². The first-order chi connectivity index (χ1) is 15.1. The Bertz CT molecular complexity index is 1050. The molecule has 2 aliphatic rings. The fourth-order valence-electron chi connectivity index (χ4n) is 4.04. The highest BCUT2D eigenvalue weighted by Crippen LogP contribution is 2.30. The molecule has 4 rings (SSSR count). The molecule has 0 bridgehead atoms. The SMILES string of the molecule is CCNC(=NCCS(=O)(=O)N1CCc2ccccc21)NCCc1ccc2c(c1)CCO2. The zero-order valence-corrected chi connectivity index (χ0v) is 18.7. The van der Waals surface area contributed by atoms with E-state index in [0.717, 1.165) is 49.4 Å². The van der Waals surface area contributed by atoms with Crippen LogP contribution in [0.2, 0.25) is 0 Å². The summed E-state index contributed by atoms with van der Waals surface area (Å²) >= 11 is 0. The molecule has 7 nitrogen and oxygen atoms in total. The van der Waals surface area contributed by atoms with E-state index >= 15 is 0 Å². The standard InChI is InChI=1S/C23H30N4O3S/c1-2-24-23(25-12-9-18-7-8-22-20(17-18)11-15-30-22)26-13-16-31(28,29)27-14-10-19-5-3-4-6-21(19)27/h3-8,17H,2,9-16H2,1H3,(H2,24,25,26). The molecule has 0 aromatic heterocycles. The van der Waals surface area contributed by atoms with Crippen molar-refractivity contribution >= 4 is 21.7 Å². The van der Waals surface area contributed by atoms with E-state index in [1.807, 2.05) is 37.3 Å². The van der Waals surface area contributed by atoms with Gasteiger partial charge in [-0.3, -0.25) is 9.30 Å². The van der Waals surface area contributed by atoms with Gasteiger partial charge in [-0.25, -0.2) is 8.42 Å². The number of anilines is 1. The molecule has 0 aliphatic carbocycles. The van der Waals surface area contributed by atoms with Crippen molar-refractivity contribution in [2.45, 2.75) is 26.2 Å². The van der Waals surface area contributed by atoms with Crippen LogP contribution in [-0.4, -0.2) is 52.9 Å². The first-order valence-corrected chi connectivity index (χ1v) is 12.5. The van der Waals surface area contributed by atoms with Crippen LogP contribution in [0.1, 0.15) is 23.6 Å². The molecule has 2 N–H and O–H groups in total. The first kappa shape index (κ1) is 21.5. The third kappa shape index (κ3) is 5.12. The van der Waals surface area contributed by atoms with Crippen molar-refractivity contribution in [2.75, 3.05) is 42.8 Å². The minimum atomic E-state index is -3.39. The number of nitrogens with one attached hydrogen (secondary N) is 2. The van der Waals surface area contributed by atoms with E-state index < -0.39 is 10.0 Å². The van der Waals surface area contributed by atoms with E-state index in [-0.39, 0.29) is 12.3 Å². The third-order valence-electron chi connectivity index (χ3n) is 5.60. The second kappa shape index (κ2) is 9.60. The molecule has 0 unspecified atom stereocenters. The number of nitrogens with zero attached hydrogens (tertiary/aromatic N) is 2. The van der Waals surface area contributed by atoms with Gasteiger partial charge in [0.25, 0.3) is 0 Å². The molecule has 0 amide bonds. The highest BCUT2D eigenvalue weighted by molar-refractivity contribution is 7.92. The molecule has 0 saturated carbocycles. The molecule has 2 heterocycles.